The van der Waals surface area contributed by atoms with Crippen molar-refractivity contribution in [1.82, 2.24) is 0 Å². The fourth-order valence-corrected chi connectivity index (χ4v) is 6.96. The summed E-state index contributed by atoms with van der Waals surface area (Å²) in [6.07, 6.45) is 0. The van der Waals surface area contributed by atoms with Crippen LogP contribution in [-0.4, -0.2) is 0 Å². The van der Waals surface area contributed by atoms with Gasteiger partial charge in [0, 0.05) is 16.3 Å². The van der Waals surface area contributed by atoms with Crippen molar-refractivity contribution in [3.63, 3.8) is 0 Å². The van der Waals surface area contributed by atoms with Crippen molar-refractivity contribution in [1.29, 1.82) is 5.26 Å². The highest BCUT2D eigenvalue weighted by Gasteiger charge is 2.23. The summed E-state index contributed by atoms with van der Waals surface area (Å²) in [6, 6.07) is 51.4. The Morgan fingerprint density at radius 1 is 0.419 bits per heavy atom. The van der Waals surface area contributed by atoms with E-state index in [1.165, 1.54) is 32.7 Å². The third-order valence-corrected chi connectivity index (χ3v) is 8.91. The molecule has 0 fully saturated rings. The Morgan fingerprint density at radius 2 is 1.05 bits per heavy atom. The number of fused-ring (bicyclic) bond motifs is 6. The van der Waals surface area contributed by atoms with Gasteiger partial charge in [-0.05, 0) is 90.5 Å². The monoisotopic (exact) mass is 545 g/mol. The molecule has 0 radical (unpaired) electrons. The highest BCUT2D eigenvalue weighted by Crippen LogP contribution is 2.50. The Labute approximate surface area is 248 Å². The van der Waals surface area contributed by atoms with Gasteiger partial charge in [-0.1, -0.05) is 109 Å². The largest absolute Gasteiger partial charge is 0.456 e. The van der Waals surface area contributed by atoms with Crippen LogP contribution in [0.2, 0.25) is 0 Å². The maximum Gasteiger partial charge on any atom is 0.135 e. The lowest BCUT2D eigenvalue weighted by Gasteiger charge is -2.24. The zero-order valence-corrected chi connectivity index (χ0v) is 23.1. The van der Waals surface area contributed by atoms with Crippen LogP contribution in [0.15, 0.2) is 140 Å². The first kappa shape index (κ1) is 23.8. The van der Waals surface area contributed by atoms with Crippen LogP contribution in [0.5, 0.6) is 11.5 Å². The van der Waals surface area contributed by atoms with Crippen molar-refractivity contribution < 1.29 is 4.74 Å². The number of hydrogen-bond acceptors (Lipinski definition) is 2. The molecule has 1 aliphatic heterocycles. The lowest BCUT2D eigenvalue weighted by molar-refractivity contribution is 0.487. The van der Waals surface area contributed by atoms with E-state index in [0.717, 1.165) is 55.3 Å². The smallest absolute Gasteiger partial charge is 0.135 e. The molecule has 1 heterocycles. The molecule has 0 aromatic heterocycles. The molecule has 0 saturated carbocycles. The molecule has 0 atom stereocenters. The van der Waals surface area contributed by atoms with Gasteiger partial charge in [0.2, 0.25) is 0 Å². The molecule has 0 aliphatic carbocycles. The molecular weight excluding hydrogens is 522 g/mol. The van der Waals surface area contributed by atoms with E-state index in [2.05, 4.69) is 121 Å². The van der Waals surface area contributed by atoms with Crippen LogP contribution in [0.1, 0.15) is 5.56 Å². The summed E-state index contributed by atoms with van der Waals surface area (Å²) in [5.74, 6) is 1.73. The molecule has 0 amide bonds. The van der Waals surface area contributed by atoms with E-state index in [1.54, 1.807) is 0 Å². The third kappa shape index (κ3) is 3.46. The highest BCUT2D eigenvalue weighted by atomic mass is 16.5. The van der Waals surface area contributed by atoms with Crippen molar-refractivity contribution in [2.75, 3.05) is 0 Å². The molecule has 8 aromatic carbocycles. The molecule has 198 valence electrons. The number of nitriles is 1. The molecule has 0 N–H and O–H groups in total. The van der Waals surface area contributed by atoms with Gasteiger partial charge in [0.25, 0.3) is 0 Å². The van der Waals surface area contributed by atoms with Crippen LogP contribution in [0, 0.1) is 11.3 Å². The third-order valence-electron chi connectivity index (χ3n) is 8.91. The van der Waals surface area contributed by atoms with Crippen LogP contribution in [0.3, 0.4) is 0 Å². The van der Waals surface area contributed by atoms with Gasteiger partial charge in [-0.2, -0.15) is 5.26 Å². The zero-order chi connectivity index (χ0) is 28.5. The number of nitrogens with zero attached hydrogens (tertiary/aromatic N) is 1. The molecule has 2 heteroatoms. The molecule has 8 aromatic rings. The summed E-state index contributed by atoms with van der Waals surface area (Å²) in [5, 5.41) is 19.0. The Balaban J connectivity index is 1.24. The van der Waals surface area contributed by atoms with Crippen LogP contribution in [0.4, 0.5) is 0 Å². The second-order valence-electron chi connectivity index (χ2n) is 11.2. The quantitative estimate of drug-likeness (QED) is 0.202. The van der Waals surface area contributed by atoms with Crippen LogP contribution >= 0.6 is 0 Å². The molecule has 0 unspecified atom stereocenters. The lowest BCUT2D eigenvalue weighted by Crippen LogP contribution is -1.98. The first-order valence-electron chi connectivity index (χ1n) is 14.5. The van der Waals surface area contributed by atoms with E-state index in [1.807, 2.05) is 24.3 Å². The average Bonchev–Trinajstić information content (AvgIpc) is 3.07. The standard InChI is InChI=1S/C41H23NO/c42-24-27-17-18-33(31-12-4-3-10-29(27)31)34-20-21-37-35-19-16-26(23-40(35)43-39-15-7-14-36(34)41(37)39)38-22-25-8-1-2-9-28(25)30-11-5-6-13-32(30)38/h1-23H. The molecule has 9 rings (SSSR count). The maximum absolute atomic E-state index is 9.70. The van der Waals surface area contributed by atoms with Crippen molar-refractivity contribution >= 4 is 43.1 Å². The van der Waals surface area contributed by atoms with Gasteiger partial charge < -0.3 is 4.74 Å². The van der Waals surface area contributed by atoms with Gasteiger partial charge in [-0.3, -0.25) is 0 Å². The van der Waals surface area contributed by atoms with E-state index in [9.17, 15) is 5.26 Å². The molecular formula is C41H23NO. The SMILES string of the molecule is N#Cc1ccc(-c2ccc3c4c(cccc24)Oc2cc(-c4cc5ccccc5c5ccccc45)ccc2-3)c2ccccc12. The summed E-state index contributed by atoms with van der Waals surface area (Å²) in [6.45, 7) is 0. The molecule has 0 spiro atoms. The molecule has 2 nitrogen and oxygen atoms in total. The fraction of sp³-hybridized carbons (Fsp3) is 0. The van der Waals surface area contributed by atoms with Gasteiger partial charge in [-0.25, -0.2) is 0 Å². The fourth-order valence-electron chi connectivity index (χ4n) is 6.96. The highest BCUT2D eigenvalue weighted by molar-refractivity contribution is 6.15. The van der Waals surface area contributed by atoms with Crippen molar-refractivity contribution in [3.8, 4) is 50.9 Å². The van der Waals surface area contributed by atoms with Crippen molar-refractivity contribution in [2.45, 2.75) is 0 Å². The summed E-state index contributed by atoms with van der Waals surface area (Å²) >= 11 is 0. The van der Waals surface area contributed by atoms with E-state index < -0.39 is 0 Å². The predicted molar refractivity (Wildman–Crippen MR) is 178 cm³/mol. The van der Waals surface area contributed by atoms with Crippen LogP contribution in [-0.2, 0) is 0 Å². The lowest BCUT2D eigenvalue weighted by atomic mass is 9.87. The first-order valence-corrected chi connectivity index (χ1v) is 14.5. The van der Waals surface area contributed by atoms with E-state index in [0.29, 0.717) is 5.56 Å². The Morgan fingerprint density at radius 3 is 1.88 bits per heavy atom. The Bertz CT molecular complexity index is 2500. The number of hydrogen-bond donors (Lipinski definition) is 0. The van der Waals surface area contributed by atoms with Gasteiger partial charge in [0.05, 0.1) is 11.6 Å². The van der Waals surface area contributed by atoms with Crippen LogP contribution < -0.4 is 4.74 Å². The van der Waals surface area contributed by atoms with E-state index >= 15 is 0 Å². The second kappa shape index (κ2) is 9.05. The number of ether oxygens (including phenoxy) is 1. The van der Waals surface area contributed by atoms with Gasteiger partial charge in [0.1, 0.15) is 11.5 Å². The van der Waals surface area contributed by atoms with Crippen LogP contribution in [0.25, 0.3) is 76.5 Å². The summed E-state index contributed by atoms with van der Waals surface area (Å²) in [7, 11) is 0. The van der Waals surface area contributed by atoms with Crippen molar-refractivity contribution in [2.24, 2.45) is 0 Å². The predicted octanol–water partition coefficient (Wildman–Crippen LogP) is 11.3. The summed E-state index contributed by atoms with van der Waals surface area (Å²) < 4.78 is 6.68. The van der Waals surface area contributed by atoms with E-state index in [4.69, 9.17) is 4.74 Å². The average molecular weight is 546 g/mol. The second-order valence-corrected chi connectivity index (χ2v) is 11.2. The number of rotatable bonds is 2. The van der Waals surface area contributed by atoms with Gasteiger partial charge >= 0.3 is 0 Å². The van der Waals surface area contributed by atoms with Gasteiger partial charge in [0.15, 0.2) is 0 Å². The first-order chi connectivity index (χ1) is 21.3. The molecule has 1 aliphatic rings. The summed E-state index contributed by atoms with van der Waals surface area (Å²) in [5.41, 5.74) is 7.53. The molecule has 0 saturated heterocycles. The Kier molecular flexibility index (Phi) is 5.00. The minimum absolute atomic E-state index is 0.689. The molecule has 43 heavy (non-hydrogen) atoms. The van der Waals surface area contributed by atoms with Crippen molar-refractivity contribution in [3.05, 3.63) is 145 Å². The molecule has 0 bridgehead atoms. The minimum atomic E-state index is 0.689. The van der Waals surface area contributed by atoms with E-state index in [-0.39, 0.29) is 0 Å². The topological polar surface area (TPSA) is 33.0 Å². The maximum atomic E-state index is 9.70. The minimum Gasteiger partial charge on any atom is -0.456 e. The normalized spacial score (nSPS) is 11.9. The zero-order valence-electron chi connectivity index (χ0n) is 23.1. The summed E-state index contributed by atoms with van der Waals surface area (Å²) in [4.78, 5) is 0. The number of benzene rings is 8. The Hall–Kier alpha value is -5.91. The van der Waals surface area contributed by atoms with Gasteiger partial charge in [-0.15, -0.1) is 0 Å².